The van der Waals surface area contributed by atoms with Gasteiger partial charge in [0.05, 0.1) is 12.2 Å². The lowest BCUT2D eigenvalue weighted by Gasteiger charge is -2.17. The maximum atomic E-state index is 9.98. The zero-order valence-electron chi connectivity index (χ0n) is 7.13. The standard InChI is InChI=1S/C8H14O3/c1-8(2,3)11-6-4-5-7(9)10/h4-5H,6H2,1-3H3,(H,9,10)/b5-4+. The van der Waals surface area contributed by atoms with Crippen LogP contribution in [0.1, 0.15) is 20.8 Å². The van der Waals surface area contributed by atoms with Crippen molar-refractivity contribution < 1.29 is 14.6 Å². The molecule has 0 rings (SSSR count). The highest BCUT2D eigenvalue weighted by molar-refractivity contribution is 5.79. The molecule has 0 saturated carbocycles. The average molecular weight is 158 g/mol. The van der Waals surface area contributed by atoms with E-state index in [0.717, 1.165) is 6.08 Å². The van der Waals surface area contributed by atoms with Crippen LogP contribution >= 0.6 is 0 Å². The van der Waals surface area contributed by atoms with Crippen LogP contribution in [0.4, 0.5) is 0 Å². The van der Waals surface area contributed by atoms with Gasteiger partial charge < -0.3 is 9.84 Å². The fourth-order valence-corrected chi connectivity index (χ4v) is 0.447. The summed E-state index contributed by atoms with van der Waals surface area (Å²) in [7, 11) is 0. The third-order valence-corrected chi connectivity index (χ3v) is 0.873. The third kappa shape index (κ3) is 9.17. The molecule has 0 bridgehead atoms. The van der Waals surface area contributed by atoms with E-state index in [1.54, 1.807) is 0 Å². The summed E-state index contributed by atoms with van der Waals surface area (Å²) in [6.07, 6.45) is 2.55. The number of carboxylic acids is 1. The van der Waals surface area contributed by atoms with E-state index in [1.807, 2.05) is 20.8 Å². The molecule has 1 N–H and O–H groups in total. The molecule has 0 saturated heterocycles. The lowest BCUT2D eigenvalue weighted by atomic mass is 10.2. The highest BCUT2D eigenvalue weighted by atomic mass is 16.5. The Labute approximate surface area is 66.7 Å². The van der Waals surface area contributed by atoms with Gasteiger partial charge in [0.1, 0.15) is 0 Å². The van der Waals surface area contributed by atoms with Crippen molar-refractivity contribution in [3.05, 3.63) is 12.2 Å². The first kappa shape index (κ1) is 10.2. The predicted molar refractivity (Wildman–Crippen MR) is 42.5 cm³/mol. The molecule has 0 fully saturated rings. The van der Waals surface area contributed by atoms with Crippen molar-refractivity contribution in [2.75, 3.05) is 6.61 Å². The maximum absolute atomic E-state index is 9.98. The zero-order chi connectivity index (χ0) is 8.91. The Morgan fingerprint density at radius 1 is 1.55 bits per heavy atom. The van der Waals surface area contributed by atoms with Gasteiger partial charge in [-0.3, -0.25) is 0 Å². The van der Waals surface area contributed by atoms with E-state index in [-0.39, 0.29) is 5.60 Å². The summed E-state index contributed by atoms with van der Waals surface area (Å²) < 4.78 is 5.23. The molecule has 0 unspecified atom stereocenters. The lowest BCUT2D eigenvalue weighted by Crippen LogP contribution is -2.18. The van der Waals surface area contributed by atoms with Crippen LogP contribution in [0.3, 0.4) is 0 Å². The van der Waals surface area contributed by atoms with Crippen LogP contribution in [0.5, 0.6) is 0 Å². The summed E-state index contributed by atoms with van der Waals surface area (Å²) in [4.78, 5) is 9.98. The lowest BCUT2D eigenvalue weighted by molar-refractivity contribution is -0.131. The van der Waals surface area contributed by atoms with Crippen LogP contribution in [0.2, 0.25) is 0 Å². The van der Waals surface area contributed by atoms with Crippen molar-refractivity contribution in [3.63, 3.8) is 0 Å². The molecule has 64 valence electrons. The quantitative estimate of drug-likeness (QED) is 0.632. The second kappa shape index (κ2) is 4.13. The van der Waals surface area contributed by atoms with Crippen LogP contribution in [-0.2, 0) is 9.53 Å². The van der Waals surface area contributed by atoms with Gasteiger partial charge in [-0.2, -0.15) is 0 Å². The van der Waals surface area contributed by atoms with Gasteiger partial charge in [-0.25, -0.2) is 4.79 Å². The van der Waals surface area contributed by atoms with E-state index < -0.39 is 5.97 Å². The van der Waals surface area contributed by atoms with E-state index in [0.29, 0.717) is 6.61 Å². The number of ether oxygens (including phenoxy) is 1. The Balaban J connectivity index is 3.50. The summed E-state index contributed by atoms with van der Waals surface area (Å²) in [5, 5.41) is 8.20. The monoisotopic (exact) mass is 158 g/mol. The minimum atomic E-state index is -0.942. The van der Waals surface area contributed by atoms with Crippen LogP contribution < -0.4 is 0 Å². The summed E-state index contributed by atoms with van der Waals surface area (Å²) in [5.41, 5.74) is -0.206. The molecule has 0 aromatic rings. The Kier molecular flexibility index (Phi) is 3.82. The fourth-order valence-electron chi connectivity index (χ4n) is 0.447. The summed E-state index contributed by atoms with van der Waals surface area (Å²) >= 11 is 0. The first-order chi connectivity index (χ1) is 4.92. The van der Waals surface area contributed by atoms with Gasteiger partial charge in [-0.1, -0.05) is 6.08 Å². The highest BCUT2D eigenvalue weighted by Gasteiger charge is 2.07. The summed E-state index contributed by atoms with van der Waals surface area (Å²) in [6.45, 7) is 6.10. The summed E-state index contributed by atoms with van der Waals surface area (Å²) in [5.74, 6) is -0.942. The number of rotatable bonds is 3. The number of hydrogen-bond donors (Lipinski definition) is 1. The molecule has 0 aromatic carbocycles. The van der Waals surface area contributed by atoms with Crippen LogP contribution in [-0.4, -0.2) is 23.3 Å². The van der Waals surface area contributed by atoms with Crippen molar-refractivity contribution >= 4 is 5.97 Å². The van der Waals surface area contributed by atoms with E-state index in [9.17, 15) is 4.79 Å². The average Bonchev–Trinajstić information content (AvgIpc) is 1.78. The first-order valence-corrected chi connectivity index (χ1v) is 3.45. The number of aliphatic carboxylic acids is 1. The minimum Gasteiger partial charge on any atom is -0.478 e. The minimum absolute atomic E-state index is 0.206. The van der Waals surface area contributed by atoms with Gasteiger partial charge in [0.2, 0.25) is 0 Å². The smallest absolute Gasteiger partial charge is 0.328 e. The van der Waals surface area contributed by atoms with Crippen LogP contribution in [0.15, 0.2) is 12.2 Å². The molecular formula is C8H14O3. The Morgan fingerprint density at radius 2 is 2.09 bits per heavy atom. The van der Waals surface area contributed by atoms with Crippen molar-refractivity contribution in [1.82, 2.24) is 0 Å². The molecule has 0 radical (unpaired) electrons. The second-order valence-electron chi connectivity index (χ2n) is 3.16. The van der Waals surface area contributed by atoms with Gasteiger partial charge >= 0.3 is 5.97 Å². The van der Waals surface area contributed by atoms with Gasteiger partial charge in [0.25, 0.3) is 0 Å². The number of carboxylic acid groups (broad SMARTS) is 1. The molecular weight excluding hydrogens is 144 g/mol. The van der Waals surface area contributed by atoms with Gasteiger partial charge in [-0.05, 0) is 20.8 Å². The molecule has 0 aliphatic heterocycles. The summed E-state index contributed by atoms with van der Waals surface area (Å²) in [6, 6.07) is 0. The first-order valence-electron chi connectivity index (χ1n) is 3.45. The van der Waals surface area contributed by atoms with Gasteiger partial charge in [-0.15, -0.1) is 0 Å². The molecule has 0 aliphatic rings. The third-order valence-electron chi connectivity index (χ3n) is 0.873. The van der Waals surface area contributed by atoms with E-state index in [2.05, 4.69) is 0 Å². The molecule has 0 amide bonds. The Morgan fingerprint density at radius 3 is 2.45 bits per heavy atom. The van der Waals surface area contributed by atoms with Gasteiger partial charge in [0, 0.05) is 6.08 Å². The SMILES string of the molecule is CC(C)(C)OC/C=C/C(=O)O. The van der Waals surface area contributed by atoms with Crippen molar-refractivity contribution in [2.45, 2.75) is 26.4 Å². The van der Waals surface area contributed by atoms with Crippen molar-refractivity contribution in [3.8, 4) is 0 Å². The van der Waals surface area contributed by atoms with Crippen molar-refractivity contribution in [1.29, 1.82) is 0 Å². The molecule has 0 atom stereocenters. The Hall–Kier alpha value is -0.830. The molecule has 0 spiro atoms. The predicted octanol–water partition coefficient (Wildman–Crippen LogP) is 1.44. The molecule has 3 heteroatoms. The largest absolute Gasteiger partial charge is 0.478 e. The van der Waals surface area contributed by atoms with Crippen LogP contribution in [0.25, 0.3) is 0 Å². The molecule has 0 heterocycles. The van der Waals surface area contributed by atoms with Crippen LogP contribution in [0, 0.1) is 0 Å². The number of carbonyl (C=O) groups is 1. The molecule has 3 nitrogen and oxygen atoms in total. The number of hydrogen-bond acceptors (Lipinski definition) is 2. The highest BCUT2D eigenvalue weighted by Crippen LogP contribution is 2.05. The second-order valence-corrected chi connectivity index (χ2v) is 3.16. The van der Waals surface area contributed by atoms with E-state index in [1.165, 1.54) is 6.08 Å². The maximum Gasteiger partial charge on any atom is 0.328 e. The van der Waals surface area contributed by atoms with Gasteiger partial charge in [0.15, 0.2) is 0 Å². The topological polar surface area (TPSA) is 46.5 Å². The van der Waals surface area contributed by atoms with Crippen molar-refractivity contribution in [2.24, 2.45) is 0 Å². The molecule has 0 aromatic heterocycles. The van der Waals surface area contributed by atoms with E-state index in [4.69, 9.17) is 9.84 Å². The fraction of sp³-hybridized carbons (Fsp3) is 0.625. The zero-order valence-corrected chi connectivity index (χ0v) is 7.13. The normalized spacial score (nSPS) is 12.3. The Bertz CT molecular complexity index is 153. The molecule has 11 heavy (non-hydrogen) atoms. The molecule has 0 aliphatic carbocycles. The van der Waals surface area contributed by atoms with E-state index >= 15 is 0 Å².